The second kappa shape index (κ2) is 3.65. The number of phenols is 1. The normalized spacial score (nSPS) is 11.6. The fraction of sp³-hybridized carbons (Fsp3) is 0. The number of hydrogen-bond donors (Lipinski definition) is 2. The van der Waals surface area contributed by atoms with Gasteiger partial charge in [0, 0.05) is 16.9 Å². The van der Waals surface area contributed by atoms with Crippen molar-refractivity contribution < 1.29 is 27.7 Å². The summed E-state index contributed by atoms with van der Waals surface area (Å²) in [5.41, 5.74) is 0. The van der Waals surface area contributed by atoms with Crippen LogP contribution in [0.4, 0.5) is 0 Å². The molecule has 0 aliphatic rings. The van der Waals surface area contributed by atoms with Crippen molar-refractivity contribution in [3.63, 3.8) is 0 Å². The Labute approximate surface area is 83.8 Å². The Bertz CT molecular complexity index is 452. The van der Waals surface area contributed by atoms with Gasteiger partial charge in [-0.2, -0.15) is 0 Å². The van der Waals surface area contributed by atoms with Crippen LogP contribution in [0, 0.1) is 0 Å². The lowest BCUT2D eigenvalue weighted by atomic mass is 10.3. The van der Waals surface area contributed by atoms with Crippen LogP contribution in [0.25, 0.3) is 0 Å². The average molecular weight is 236 g/mol. The molecule has 1 aromatic carbocycles. The highest BCUT2D eigenvalue weighted by atomic mass is 32.2. The maximum absolute atomic E-state index is 11.0. The first-order valence-electron chi connectivity index (χ1n) is 3.17. The first-order chi connectivity index (χ1) is 6.36. The highest BCUT2D eigenvalue weighted by molar-refractivity contribution is 7.94. The first-order valence-corrected chi connectivity index (χ1v) is 5.35. The van der Waals surface area contributed by atoms with E-state index < -0.39 is 31.4 Å². The molecular formula is C6H4O6S2-2. The van der Waals surface area contributed by atoms with E-state index in [0.29, 0.717) is 12.1 Å². The maximum atomic E-state index is 11.0. The van der Waals surface area contributed by atoms with Crippen molar-refractivity contribution >= 4 is 22.2 Å². The van der Waals surface area contributed by atoms with Crippen LogP contribution in [0.5, 0.6) is 11.5 Å². The summed E-state index contributed by atoms with van der Waals surface area (Å²) in [6.45, 7) is 0. The van der Waals surface area contributed by atoms with Crippen LogP contribution in [-0.4, -0.2) is 22.6 Å². The molecule has 1 rings (SSSR count). The van der Waals surface area contributed by atoms with E-state index in [9.17, 15) is 18.1 Å². The predicted octanol–water partition coefficient (Wildman–Crippen LogP) is -0.0650. The van der Waals surface area contributed by atoms with Crippen LogP contribution in [-0.2, 0) is 10.1 Å². The van der Waals surface area contributed by atoms with E-state index >= 15 is 0 Å². The maximum Gasteiger partial charge on any atom is 0.124 e. The van der Waals surface area contributed by atoms with Crippen molar-refractivity contribution in [3.05, 3.63) is 12.1 Å². The third kappa shape index (κ3) is 2.10. The Morgan fingerprint density at radius 2 is 1.93 bits per heavy atom. The van der Waals surface area contributed by atoms with Crippen molar-refractivity contribution in [1.82, 2.24) is 0 Å². The third-order valence-electron chi connectivity index (χ3n) is 1.40. The summed E-state index contributed by atoms with van der Waals surface area (Å²) in [7, 11) is -4.75. The van der Waals surface area contributed by atoms with E-state index in [0.717, 1.165) is 0 Å². The fourth-order valence-corrected chi connectivity index (χ4v) is 1.73. The van der Waals surface area contributed by atoms with E-state index in [1.54, 1.807) is 0 Å². The molecule has 0 aliphatic heterocycles. The van der Waals surface area contributed by atoms with Crippen LogP contribution in [0.1, 0.15) is 0 Å². The van der Waals surface area contributed by atoms with Gasteiger partial charge in [0.25, 0.3) is 0 Å². The molecule has 0 aromatic heterocycles. The molecule has 2 N–H and O–H groups in total. The van der Waals surface area contributed by atoms with Crippen LogP contribution >= 0.6 is 12.0 Å². The van der Waals surface area contributed by atoms with Crippen molar-refractivity contribution in [2.75, 3.05) is 0 Å². The zero-order valence-electron chi connectivity index (χ0n) is 6.50. The molecule has 78 valence electrons. The molecule has 0 heterocycles. The Balaban J connectivity index is 3.46. The van der Waals surface area contributed by atoms with Gasteiger partial charge in [-0.3, -0.25) is 0 Å². The molecule has 0 aliphatic carbocycles. The van der Waals surface area contributed by atoms with Crippen molar-refractivity contribution in [2.45, 2.75) is 9.79 Å². The molecule has 0 saturated carbocycles. The van der Waals surface area contributed by atoms with Gasteiger partial charge in [-0.25, -0.2) is 8.42 Å². The molecule has 1 aromatic rings. The Kier molecular flexibility index (Phi) is 2.90. The zero-order valence-corrected chi connectivity index (χ0v) is 8.13. The van der Waals surface area contributed by atoms with Gasteiger partial charge in [0.15, 0.2) is 0 Å². The van der Waals surface area contributed by atoms with Gasteiger partial charge in [-0.1, -0.05) is 0 Å². The van der Waals surface area contributed by atoms with Gasteiger partial charge in [0.1, 0.15) is 15.9 Å². The number of aromatic hydroxyl groups is 1. The van der Waals surface area contributed by atoms with Crippen LogP contribution in [0.15, 0.2) is 21.9 Å². The summed E-state index contributed by atoms with van der Waals surface area (Å²) in [6, 6.07) is 1.25. The minimum atomic E-state index is -4.75. The summed E-state index contributed by atoms with van der Waals surface area (Å²) >= 11 is -0.0360. The lowest BCUT2D eigenvalue weighted by Gasteiger charge is -2.16. The summed E-state index contributed by atoms with van der Waals surface area (Å²) in [4.78, 5) is -1.18. The first kappa shape index (κ1) is 11.1. The highest BCUT2D eigenvalue weighted by Crippen LogP contribution is 2.34. The van der Waals surface area contributed by atoms with Gasteiger partial charge >= 0.3 is 0 Å². The molecule has 0 saturated heterocycles. The standard InChI is InChI=1S/C6H6O6S2/c7-4-1-3(14(10,11)12)2-5(13-9)6(4)8/h1-2,7-9H,(H,10,11,12)/p-2. The molecule has 0 fully saturated rings. The summed E-state index contributed by atoms with van der Waals surface area (Å²) in [5, 5.41) is 19.9. The number of rotatable bonds is 2. The van der Waals surface area contributed by atoms with Gasteiger partial charge in [-0.05, 0) is 17.9 Å². The fourth-order valence-electron chi connectivity index (χ4n) is 0.775. The quantitative estimate of drug-likeness (QED) is 0.544. The van der Waals surface area contributed by atoms with E-state index in [-0.39, 0.29) is 12.0 Å². The Hall–Kier alpha value is -0.960. The SMILES string of the molecule is O=S(=O)([O-])c1cc(O)c([O-])c(SO)c1. The lowest BCUT2D eigenvalue weighted by Crippen LogP contribution is -2.01. The molecule has 0 spiro atoms. The predicted molar refractivity (Wildman–Crippen MR) is 44.0 cm³/mol. The molecule has 0 radical (unpaired) electrons. The minimum Gasteiger partial charge on any atom is -0.869 e. The molecular weight excluding hydrogens is 232 g/mol. The van der Waals surface area contributed by atoms with Gasteiger partial charge in [-0.15, -0.1) is 0 Å². The van der Waals surface area contributed by atoms with Gasteiger partial charge in [0.2, 0.25) is 0 Å². The molecule has 8 heteroatoms. The average Bonchev–Trinajstić information content (AvgIpc) is 2.07. The number of benzene rings is 1. The summed E-state index contributed by atoms with van der Waals surface area (Å²) < 4.78 is 40.1. The molecule has 6 nitrogen and oxygen atoms in total. The van der Waals surface area contributed by atoms with E-state index in [4.69, 9.17) is 9.66 Å². The van der Waals surface area contributed by atoms with Crippen molar-refractivity contribution in [1.29, 1.82) is 0 Å². The Morgan fingerprint density at radius 3 is 2.36 bits per heavy atom. The minimum absolute atomic E-state index is 0.0360. The molecule has 0 bridgehead atoms. The van der Waals surface area contributed by atoms with Crippen LogP contribution < -0.4 is 5.11 Å². The Morgan fingerprint density at radius 1 is 1.36 bits per heavy atom. The second-order valence-corrected chi connectivity index (χ2v) is 4.32. The zero-order chi connectivity index (χ0) is 10.9. The van der Waals surface area contributed by atoms with Gasteiger partial charge < -0.3 is 19.3 Å². The van der Waals surface area contributed by atoms with Crippen LogP contribution in [0.3, 0.4) is 0 Å². The van der Waals surface area contributed by atoms with E-state index in [1.165, 1.54) is 0 Å². The lowest BCUT2D eigenvalue weighted by molar-refractivity contribution is -0.274. The van der Waals surface area contributed by atoms with Crippen molar-refractivity contribution in [2.24, 2.45) is 0 Å². The number of hydrogen-bond acceptors (Lipinski definition) is 7. The third-order valence-corrected chi connectivity index (χ3v) is 2.71. The van der Waals surface area contributed by atoms with Crippen molar-refractivity contribution in [3.8, 4) is 11.5 Å². The molecule has 0 amide bonds. The molecule has 14 heavy (non-hydrogen) atoms. The summed E-state index contributed by atoms with van der Waals surface area (Å²) in [5.74, 6) is -1.82. The topological polar surface area (TPSA) is 121 Å². The number of phenolic OH excluding ortho intramolecular Hbond substituents is 1. The smallest absolute Gasteiger partial charge is 0.124 e. The van der Waals surface area contributed by atoms with E-state index in [1.807, 2.05) is 0 Å². The molecule has 0 unspecified atom stereocenters. The monoisotopic (exact) mass is 236 g/mol. The summed E-state index contributed by atoms with van der Waals surface area (Å²) in [6.07, 6.45) is 0. The highest BCUT2D eigenvalue weighted by Gasteiger charge is 2.07. The van der Waals surface area contributed by atoms with Gasteiger partial charge in [0.05, 0.1) is 4.90 Å². The van der Waals surface area contributed by atoms with Crippen LogP contribution in [0.2, 0.25) is 0 Å². The largest absolute Gasteiger partial charge is 0.869 e. The van der Waals surface area contributed by atoms with E-state index in [2.05, 4.69) is 0 Å². The molecule has 0 atom stereocenters. The second-order valence-electron chi connectivity index (χ2n) is 2.32.